The number of hydrogen-bond donors (Lipinski definition) is 1. The van der Waals surface area contributed by atoms with Crippen molar-refractivity contribution in [2.24, 2.45) is 48.5 Å². The molecule has 0 saturated heterocycles. The summed E-state index contributed by atoms with van der Waals surface area (Å²) in [4.78, 5) is 11.5. The molecule has 0 spiro atoms. The van der Waals surface area contributed by atoms with Gasteiger partial charge >= 0.3 is 0 Å². The lowest BCUT2D eigenvalue weighted by molar-refractivity contribution is -0.121. The number of ketones is 1. The number of carbonyl (C=O) groups is 1. The van der Waals surface area contributed by atoms with Gasteiger partial charge in [0.05, 0.1) is 0 Å². The Morgan fingerprint density at radius 2 is 0.796 bits per heavy atom. The summed E-state index contributed by atoms with van der Waals surface area (Å²) in [6.45, 7) is 59.7. The van der Waals surface area contributed by atoms with Crippen LogP contribution in [0.4, 0.5) is 0 Å². The van der Waals surface area contributed by atoms with Gasteiger partial charge in [0, 0.05) is 26.4 Å². The second kappa shape index (κ2) is 28.0. The molecule has 0 aliphatic heterocycles. The van der Waals surface area contributed by atoms with Crippen molar-refractivity contribution in [2.45, 2.75) is 251 Å². The molecule has 0 unspecified atom stereocenters. The summed E-state index contributed by atoms with van der Waals surface area (Å²) >= 11 is 0. The smallest absolute Gasteiger partial charge is 0.276 e. The number of nitrogens with zero attached hydrogens (tertiary/aromatic N) is 1. The minimum absolute atomic E-state index is 0.0544. The fraction of sp³-hybridized carbons (Fsp3) is 0.979. The highest BCUT2D eigenvalue weighted by molar-refractivity contribution is 7.86. The van der Waals surface area contributed by atoms with Gasteiger partial charge in [-0.25, -0.2) is 5.14 Å². The maximum atomic E-state index is 11.5. The molecule has 0 heterocycles. The van der Waals surface area contributed by atoms with E-state index in [0.29, 0.717) is 44.8 Å². The van der Waals surface area contributed by atoms with E-state index in [4.69, 9.17) is 5.14 Å². The van der Waals surface area contributed by atoms with E-state index in [2.05, 4.69) is 166 Å². The Morgan fingerprint density at radius 3 is 0.889 bits per heavy atom. The summed E-state index contributed by atoms with van der Waals surface area (Å²) in [5.74, 6) is 0.447. The third kappa shape index (κ3) is 76.3. The molecule has 5 nitrogen and oxygen atoms in total. The third-order valence-electron chi connectivity index (χ3n) is 8.83. The van der Waals surface area contributed by atoms with Crippen LogP contribution in [0.15, 0.2) is 0 Å². The molecule has 0 bridgehead atoms. The molecule has 6 heteroatoms. The molecule has 1 rings (SSSR count). The Labute approximate surface area is 345 Å². The summed E-state index contributed by atoms with van der Waals surface area (Å²) in [6, 6.07) is 0. The van der Waals surface area contributed by atoms with Gasteiger partial charge in [-0.15, -0.1) is 0 Å². The Morgan fingerprint density at radius 1 is 0.537 bits per heavy atom. The molecule has 54 heavy (non-hydrogen) atoms. The second-order valence-corrected chi connectivity index (χ2v) is 26.2. The molecule has 1 saturated carbocycles. The number of nitrogens with two attached hydrogens (primary N) is 1. The highest BCUT2D eigenvalue weighted by Gasteiger charge is 2.39. The standard InChI is InChI=1S/C11H20O.C7H16.C6H16N2O2S.4C6H14/c1-10(2,3)7-9(12)8-11(4)5-6-11;1-5-6-7(2,3)4;1-6(2,3)5-8(4)11(7,9)10;4*1-5-6(2,3)4/h5-8H2,1-4H3;5-6H2,1-4H3;5H2,1-4H3,(H2,7,9,10);4*5H2,1-4H3. The molecule has 0 aromatic carbocycles. The molecule has 0 amide bonds. The van der Waals surface area contributed by atoms with Crippen molar-refractivity contribution < 1.29 is 13.2 Å². The van der Waals surface area contributed by atoms with E-state index >= 15 is 0 Å². The van der Waals surface area contributed by atoms with Crippen molar-refractivity contribution in [3.8, 4) is 0 Å². The van der Waals surface area contributed by atoms with E-state index < -0.39 is 10.2 Å². The van der Waals surface area contributed by atoms with Crippen LogP contribution < -0.4 is 5.14 Å². The zero-order valence-corrected chi connectivity index (χ0v) is 43.8. The predicted molar refractivity (Wildman–Crippen MR) is 250 cm³/mol. The van der Waals surface area contributed by atoms with Crippen LogP contribution in [0.1, 0.15) is 251 Å². The van der Waals surface area contributed by atoms with Gasteiger partial charge in [-0.2, -0.15) is 12.7 Å². The van der Waals surface area contributed by atoms with Crippen LogP contribution in [-0.4, -0.2) is 32.1 Å². The largest absolute Gasteiger partial charge is 0.300 e. The molecule has 1 aliphatic rings. The average molecular weight is 793 g/mol. The first-order valence-electron chi connectivity index (χ1n) is 21.5. The minimum atomic E-state index is -3.50. The van der Waals surface area contributed by atoms with E-state index in [0.717, 1.165) is 17.1 Å². The molecule has 334 valence electrons. The highest BCUT2D eigenvalue weighted by Crippen LogP contribution is 2.48. The van der Waals surface area contributed by atoms with Gasteiger partial charge in [0.25, 0.3) is 10.2 Å². The zero-order valence-electron chi connectivity index (χ0n) is 42.9. The Hall–Kier alpha value is -0.460. The van der Waals surface area contributed by atoms with Gasteiger partial charge in [0.2, 0.25) is 0 Å². The molecule has 0 radical (unpaired) electrons. The van der Waals surface area contributed by atoms with Gasteiger partial charge in [-0.05, 0) is 62.6 Å². The third-order valence-corrected chi connectivity index (χ3v) is 9.83. The van der Waals surface area contributed by atoms with Crippen molar-refractivity contribution in [3.63, 3.8) is 0 Å². The Balaban J connectivity index is -0.000000128. The quantitative estimate of drug-likeness (QED) is 0.291. The van der Waals surface area contributed by atoms with E-state index in [9.17, 15) is 13.2 Å². The summed E-state index contributed by atoms with van der Waals surface area (Å²) in [5, 5.41) is 4.88. The number of Topliss-reactive ketones (excluding diaryl/α,β-unsaturated/α-hetero) is 1. The lowest BCUT2D eigenvalue weighted by Gasteiger charge is -2.24. The van der Waals surface area contributed by atoms with E-state index in [1.165, 1.54) is 58.4 Å². The van der Waals surface area contributed by atoms with Crippen molar-refractivity contribution in [2.75, 3.05) is 13.6 Å². The predicted octanol–water partition coefficient (Wildman–Crippen LogP) is 16.0. The fourth-order valence-corrected chi connectivity index (χ4v) is 3.60. The van der Waals surface area contributed by atoms with Gasteiger partial charge in [0.1, 0.15) is 5.78 Å². The van der Waals surface area contributed by atoms with E-state index in [1.807, 2.05) is 20.8 Å². The topological polar surface area (TPSA) is 80.5 Å². The maximum Gasteiger partial charge on any atom is 0.276 e. The van der Waals surface area contributed by atoms with Gasteiger partial charge in [-0.1, -0.05) is 219 Å². The highest BCUT2D eigenvalue weighted by atomic mass is 32.2. The van der Waals surface area contributed by atoms with Crippen LogP contribution in [0.25, 0.3) is 0 Å². The van der Waals surface area contributed by atoms with Crippen molar-refractivity contribution in [1.29, 1.82) is 0 Å². The number of hydrogen-bond acceptors (Lipinski definition) is 3. The van der Waals surface area contributed by atoms with Crippen molar-refractivity contribution in [3.05, 3.63) is 0 Å². The Kier molecular flexibility index (Phi) is 34.0. The summed E-state index contributed by atoms with van der Waals surface area (Å²) in [7, 11) is -2.03. The molecule has 0 atom stereocenters. The molecule has 0 aromatic heterocycles. The monoisotopic (exact) mass is 793 g/mol. The van der Waals surface area contributed by atoms with Gasteiger partial charge < -0.3 is 0 Å². The molecule has 1 fully saturated rings. The first-order valence-corrected chi connectivity index (χ1v) is 23.0. The normalized spacial score (nSPS) is 14.3. The minimum Gasteiger partial charge on any atom is -0.300 e. The van der Waals surface area contributed by atoms with E-state index in [1.54, 1.807) is 0 Å². The molecule has 2 N–H and O–H groups in total. The SMILES string of the molecule is CC(C)(C)CC(=O)CC1(C)CC1.CCC(C)(C)C.CCC(C)(C)C.CCC(C)(C)C.CCC(C)(C)C.CCCC(C)(C)C.CN(CC(C)(C)C)S(N)(=O)=O. The first-order chi connectivity index (χ1) is 23.2. The fourth-order valence-electron chi connectivity index (χ4n) is 3.03. The van der Waals surface area contributed by atoms with Gasteiger partial charge in [0.15, 0.2) is 0 Å². The molecular weight excluding hydrogens is 685 g/mol. The van der Waals surface area contributed by atoms with Crippen LogP contribution in [0.5, 0.6) is 0 Å². The van der Waals surface area contributed by atoms with Crippen LogP contribution in [0.2, 0.25) is 0 Å². The lowest BCUT2D eigenvalue weighted by atomic mass is 9.87. The van der Waals surface area contributed by atoms with Gasteiger partial charge in [-0.3, -0.25) is 4.79 Å². The number of carbonyl (C=O) groups excluding carboxylic acids is 1. The van der Waals surface area contributed by atoms with E-state index in [-0.39, 0.29) is 10.8 Å². The van der Waals surface area contributed by atoms with Crippen LogP contribution in [0, 0.1) is 43.3 Å². The lowest BCUT2D eigenvalue weighted by Crippen LogP contribution is -2.38. The maximum absolute atomic E-state index is 11.5. The molecular formula is C48H108N2O3S. The van der Waals surface area contributed by atoms with Crippen LogP contribution in [-0.2, 0) is 15.0 Å². The zero-order chi connectivity index (χ0) is 45.4. The van der Waals surface area contributed by atoms with Crippen molar-refractivity contribution >= 4 is 16.0 Å². The van der Waals surface area contributed by atoms with Crippen LogP contribution >= 0.6 is 0 Å². The molecule has 0 aromatic rings. The first kappa shape index (κ1) is 65.4. The average Bonchev–Trinajstić information content (AvgIpc) is 3.61. The summed E-state index contributed by atoms with van der Waals surface area (Å²) in [5.41, 5.74) is 3.22. The summed E-state index contributed by atoms with van der Waals surface area (Å²) < 4.78 is 22.6. The summed E-state index contributed by atoms with van der Waals surface area (Å²) in [6.07, 6.45) is 11.8. The Bertz CT molecular complexity index is 926. The van der Waals surface area contributed by atoms with Crippen molar-refractivity contribution in [1.82, 2.24) is 4.31 Å². The number of rotatable bonds is 6. The molecule has 1 aliphatic carbocycles. The van der Waals surface area contributed by atoms with Crippen LogP contribution in [0.3, 0.4) is 0 Å². The second-order valence-electron chi connectivity index (χ2n) is 24.6.